The van der Waals surface area contributed by atoms with Gasteiger partial charge < -0.3 is 4.74 Å². The van der Waals surface area contributed by atoms with Crippen LogP contribution in [0.1, 0.15) is 22.8 Å². The summed E-state index contributed by atoms with van der Waals surface area (Å²) in [5.41, 5.74) is 0.853. The fraction of sp³-hybridized carbons (Fsp3) is 0.300. The van der Waals surface area contributed by atoms with E-state index in [1.54, 1.807) is 13.8 Å². The lowest BCUT2D eigenvalue weighted by Gasteiger charge is -2.06. The second-order valence-electron chi connectivity index (χ2n) is 3.14. The molecule has 16 heavy (non-hydrogen) atoms. The zero-order valence-electron chi connectivity index (χ0n) is 8.86. The van der Waals surface area contributed by atoms with Crippen molar-refractivity contribution in [1.29, 1.82) is 0 Å². The molecule has 0 saturated heterocycles. The summed E-state index contributed by atoms with van der Waals surface area (Å²) >= 11 is 0. The Bertz CT molecular complexity index is 508. The smallest absolute Gasteiger partial charge is 0.338 e. The van der Waals surface area contributed by atoms with E-state index in [4.69, 9.17) is 15.4 Å². The van der Waals surface area contributed by atoms with Gasteiger partial charge in [-0.1, -0.05) is 6.07 Å². The summed E-state index contributed by atoms with van der Waals surface area (Å²) in [5, 5.41) is 0. The fourth-order valence-corrected chi connectivity index (χ4v) is 1.96. The second-order valence-corrected chi connectivity index (χ2v) is 5.70. The molecule has 0 amide bonds. The second kappa shape index (κ2) is 4.84. The van der Waals surface area contributed by atoms with Gasteiger partial charge in [0.15, 0.2) is 0 Å². The van der Waals surface area contributed by atoms with E-state index >= 15 is 0 Å². The van der Waals surface area contributed by atoms with Crippen LogP contribution in [0.2, 0.25) is 0 Å². The van der Waals surface area contributed by atoms with Gasteiger partial charge in [0.1, 0.15) is 0 Å². The van der Waals surface area contributed by atoms with Crippen LogP contribution in [-0.4, -0.2) is 21.0 Å². The molecule has 88 valence electrons. The first kappa shape index (κ1) is 13.0. The molecular weight excluding hydrogens is 252 g/mol. The first-order valence-electron chi connectivity index (χ1n) is 4.58. The third kappa shape index (κ3) is 2.96. The zero-order valence-corrected chi connectivity index (χ0v) is 10.4. The highest BCUT2D eigenvalue weighted by Crippen LogP contribution is 2.19. The van der Waals surface area contributed by atoms with Crippen molar-refractivity contribution in [2.75, 3.05) is 6.61 Å². The third-order valence-corrected chi connectivity index (χ3v) is 3.34. The van der Waals surface area contributed by atoms with Gasteiger partial charge in [0.25, 0.3) is 9.05 Å². The average molecular weight is 263 g/mol. The number of benzene rings is 1. The molecule has 0 heterocycles. The molecule has 0 atom stereocenters. The zero-order chi connectivity index (χ0) is 12.3. The molecule has 0 fully saturated rings. The van der Waals surface area contributed by atoms with Gasteiger partial charge >= 0.3 is 5.97 Å². The first-order valence-corrected chi connectivity index (χ1v) is 6.89. The predicted octanol–water partition coefficient (Wildman–Crippen LogP) is 2.10. The normalized spacial score (nSPS) is 11.2. The van der Waals surface area contributed by atoms with E-state index in [0.29, 0.717) is 5.56 Å². The number of hydrogen-bond acceptors (Lipinski definition) is 4. The summed E-state index contributed by atoms with van der Waals surface area (Å²) in [6.45, 7) is 3.60. The van der Waals surface area contributed by atoms with E-state index < -0.39 is 15.0 Å². The molecule has 1 rings (SSSR count). The standard InChI is InChI=1S/C10H11ClO4S/c1-3-15-10(12)9-6-8(16(11,13)14)5-4-7(9)2/h4-6H,3H2,1-2H3. The summed E-state index contributed by atoms with van der Waals surface area (Å²) in [7, 11) is 1.36. The number of ether oxygens (including phenoxy) is 1. The van der Waals surface area contributed by atoms with Gasteiger partial charge in [0.05, 0.1) is 17.1 Å². The van der Waals surface area contributed by atoms with E-state index in [1.165, 1.54) is 18.2 Å². The van der Waals surface area contributed by atoms with Gasteiger partial charge in [-0.2, -0.15) is 0 Å². The molecule has 0 spiro atoms. The molecule has 1 aromatic rings. The molecule has 1 aromatic carbocycles. The lowest BCUT2D eigenvalue weighted by Crippen LogP contribution is -2.07. The quantitative estimate of drug-likeness (QED) is 0.618. The van der Waals surface area contributed by atoms with Gasteiger partial charge in [-0.05, 0) is 31.5 Å². The lowest BCUT2D eigenvalue weighted by atomic mass is 10.1. The molecule has 0 saturated carbocycles. The van der Waals surface area contributed by atoms with Crippen LogP contribution in [0.4, 0.5) is 0 Å². The molecular formula is C10H11ClO4S. The fourth-order valence-electron chi connectivity index (χ4n) is 1.18. The van der Waals surface area contributed by atoms with Gasteiger partial charge in [0, 0.05) is 10.7 Å². The van der Waals surface area contributed by atoms with Crippen molar-refractivity contribution in [2.45, 2.75) is 18.7 Å². The molecule has 0 aliphatic heterocycles. The first-order chi connectivity index (χ1) is 7.36. The van der Waals surface area contributed by atoms with Crippen LogP contribution in [0.15, 0.2) is 23.1 Å². The number of hydrogen-bond donors (Lipinski definition) is 0. The van der Waals surface area contributed by atoms with Crippen molar-refractivity contribution in [3.05, 3.63) is 29.3 Å². The minimum atomic E-state index is -3.83. The van der Waals surface area contributed by atoms with Crippen LogP contribution in [0.5, 0.6) is 0 Å². The van der Waals surface area contributed by atoms with Crippen LogP contribution in [0, 0.1) is 6.92 Å². The Morgan fingerprint density at radius 2 is 2.06 bits per heavy atom. The molecule has 6 heteroatoms. The van der Waals surface area contributed by atoms with Crippen molar-refractivity contribution in [2.24, 2.45) is 0 Å². The van der Waals surface area contributed by atoms with E-state index in [1.807, 2.05) is 0 Å². The molecule has 0 aliphatic rings. The Morgan fingerprint density at radius 3 is 2.56 bits per heavy atom. The monoisotopic (exact) mass is 262 g/mol. The summed E-state index contributed by atoms with van der Waals surface area (Å²) in [4.78, 5) is 11.4. The topological polar surface area (TPSA) is 60.4 Å². The molecule has 0 radical (unpaired) electrons. The van der Waals surface area contributed by atoms with Gasteiger partial charge in [-0.15, -0.1) is 0 Å². The van der Waals surface area contributed by atoms with E-state index in [0.717, 1.165) is 0 Å². The maximum absolute atomic E-state index is 11.5. The maximum atomic E-state index is 11.5. The Labute approximate surface area is 98.6 Å². The van der Waals surface area contributed by atoms with Gasteiger partial charge in [0.2, 0.25) is 0 Å². The van der Waals surface area contributed by atoms with Crippen LogP contribution in [0.25, 0.3) is 0 Å². The minimum Gasteiger partial charge on any atom is -0.462 e. The highest BCUT2D eigenvalue weighted by Gasteiger charge is 2.16. The highest BCUT2D eigenvalue weighted by molar-refractivity contribution is 8.13. The SMILES string of the molecule is CCOC(=O)c1cc(S(=O)(=O)Cl)ccc1C. The number of carbonyl (C=O) groups is 1. The minimum absolute atomic E-state index is 0.109. The van der Waals surface area contributed by atoms with Gasteiger partial charge in [-0.25, -0.2) is 13.2 Å². The van der Waals surface area contributed by atoms with E-state index in [-0.39, 0.29) is 17.1 Å². The highest BCUT2D eigenvalue weighted by atomic mass is 35.7. The average Bonchev–Trinajstić information content (AvgIpc) is 2.16. The Morgan fingerprint density at radius 1 is 1.44 bits per heavy atom. The van der Waals surface area contributed by atoms with Gasteiger partial charge in [-0.3, -0.25) is 0 Å². The van der Waals surface area contributed by atoms with Crippen molar-refractivity contribution in [3.63, 3.8) is 0 Å². The van der Waals surface area contributed by atoms with Crippen molar-refractivity contribution in [3.8, 4) is 0 Å². The number of carbonyl (C=O) groups excluding carboxylic acids is 1. The van der Waals surface area contributed by atoms with E-state index in [2.05, 4.69) is 0 Å². The Hall–Kier alpha value is -1.07. The molecule has 4 nitrogen and oxygen atoms in total. The number of halogens is 1. The predicted molar refractivity (Wildman–Crippen MR) is 60.2 cm³/mol. The molecule has 0 aliphatic carbocycles. The largest absolute Gasteiger partial charge is 0.462 e. The third-order valence-electron chi connectivity index (χ3n) is 1.99. The molecule has 0 N–H and O–H groups in total. The summed E-state index contributed by atoms with van der Waals surface area (Å²) < 4.78 is 27.0. The van der Waals surface area contributed by atoms with E-state index in [9.17, 15) is 13.2 Å². The number of rotatable bonds is 3. The Balaban J connectivity index is 3.24. The van der Waals surface area contributed by atoms with Crippen LogP contribution < -0.4 is 0 Å². The van der Waals surface area contributed by atoms with Crippen LogP contribution in [0.3, 0.4) is 0 Å². The lowest BCUT2D eigenvalue weighted by molar-refractivity contribution is 0.0525. The molecule has 0 unspecified atom stereocenters. The summed E-state index contributed by atoms with van der Waals surface area (Å²) in [5.74, 6) is -0.554. The number of esters is 1. The maximum Gasteiger partial charge on any atom is 0.338 e. The molecule has 0 bridgehead atoms. The van der Waals surface area contributed by atoms with Crippen LogP contribution in [-0.2, 0) is 13.8 Å². The number of aryl methyl sites for hydroxylation is 1. The van der Waals surface area contributed by atoms with Crippen molar-refractivity contribution < 1.29 is 17.9 Å². The summed E-state index contributed by atoms with van der Waals surface area (Å²) in [6, 6.07) is 4.08. The Kier molecular flexibility index (Phi) is 3.93. The van der Waals surface area contributed by atoms with Crippen LogP contribution >= 0.6 is 10.7 Å². The molecule has 0 aromatic heterocycles. The van der Waals surface area contributed by atoms with Crippen molar-refractivity contribution in [1.82, 2.24) is 0 Å². The summed E-state index contributed by atoms with van der Waals surface area (Å²) in [6.07, 6.45) is 0. The van der Waals surface area contributed by atoms with Crippen molar-refractivity contribution >= 4 is 25.7 Å².